The smallest absolute Gasteiger partial charge is 0.136 e. The molecule has 2 heteroatoms. The summed E-state index contributed by atoms with van der Waals surface area (Å²) in [7, 11) is 2.10. The van der Waals surface area contributed by atoms with E-state index in [1.807, 2.05) is 13.8 Å². The number of ketones is 1. The highest BCUT2D eigenvalue weighted by Gasteiger charge is 2.26. The van der Waals surface area contributed by atoms with Gasteiger partial charge in [0.05, 0.1) is 0 Å². The van der Waals surface area contributed by atoms with Gasteiger partial charge < -0.3 is 4.90 Å². The fourth-order valence-electron chi connectivity index (χ4n) is 1.53. The molecule has 0 fully saturated rings. The van der Waals surface area contributed by atoms with E-state index in [1.165, 1.54) is 12.8 Å². The van der Waals surface area contributed by atoms with Crippen molar-refractivity contribution in [1.29, 1.82) is 0 Å². The Hall–Kier alpha value is -0.370. The first-order valence-corrected chi connectivity index (χ1v) is 5.52. The van der Waals surface area contributed by atoms with Crippen molar-refractivity contribution in [3.63, 3.8) is 0 Å². The molecule has 0 spiro atoms. The fraction of sp³-hybridized carbons (Fsp3) is 0.917. The van der Waals surface area contributed by atoms with Crippen LogP contribution < -0.4 is 0 Å². The molecule has 2 nitrogen and oxygen atoms in total. The average Bonchev–Trinajstić information content (AvgIpc) is 2.03. The summed E-state index contributed by atoms with van der Waals surface area (Å²) in [5.74, 6) is 0.271. The highest BCUT2D eigenvalue weighted by atomic mass is 16.1. The normalized spacial score (nSPS) is 14.5. The van der Waals surface area contributed by atoms with Crippen LogP contribution in [0, 0.1) is 5.41 Å². The lowest BCUT2D eigenvalue weighted by Gasteiger charge is -2.32. The second-order valence-corrected chi connectivity index (χ2v) is 4.99. The first kappa shape index (κ1) is 13.6. The van der Waals surface area contributed by atoms with Crippen LogP contribution in [0.25, 0.3) is 0 Å². The summed E-state index contributed by atoms with van der Waals surface area (Å²) < 4.78 is 0. The Morgan fingerprint density at radius 2 is 1.93 bits per heavy atom. The number of rotatable bonds is 6. The molecule has 0 bridgehead atoms. The van der Waals surface area contributed by atoms with Gasteiger partial charge in [-0.05, 0) is 27.3 Å². The molecule has 0 aliphatic rings. The van der Waals surface area contributed by atoms with Crippen LogP contribution >= 0.6 is 0 Å². The van der Waals surface area contributed by atoms with Crippen molar-refractivity contribution >= 4 is 5.78 Å². The molecule has 14 heavy (non-hydrogen) atoms. The van der Waals surface area contributed by atoms with Gasteiger partial charge in [0.25, 0.3) is 0 Å². The molecule has 1 unspecified atom stereocenters. The molecule has 0 saturated carbocycles. The monoisotopic (exact) mass is 199 g/mol. The molecule has 0 rings (SSSR count). The summed E-state index contributed by atoms with van der Waals surface area (Å²) in [6.07, 6.45) is 2.40. The van der Waals surface area contributed by atoms with E-state index in [1.54, 1.807) is 6.92 Å². The fourth-order valence-corrected chi connectivity index (χ4v) is 1.53. The molecule has 84 valence electrons. The average molecular weight is 199 g/mol. The van der Waals surface area contributed by atoms with E-state index in [4.69, 9.17) is 0 Å². The summed E-state index contributed by atoms with van der Waals surface area (Å²) in [4.78, 5) is 13.6. The lowest BCUT2D eigenvalue weighted by Crippen LogP contribution is -2.40. The number of hydrogen-bond donors (Lipinski definition) is 0. The molecule has 0 N–H and O–H groups in total. The molecule has 0 aromatic rings. The Kier molecular flexibility index (Phi) is 5.35. The predicted octanol–water partition coefficient (Wildman–Crippen LogP) is 2.72. The molecule has 1 atom stereocenters. The summed E-state index contributed by atoms with van der Waals surface area (Å²) in [5.41, 5.74) is -0.212. The van der Waals surface area contributed by atoms with Crippen LogP contribution in [0.1, 0.15) is 47.5 Å². The molecular formula is C12H25NO. The Morgan fingerprint density at radius 1 is 1.43 bits per heavy atom. The van der Waals surface area contributed by atoms with Crippen LogP contribution in [0.4, 0.5) is 0 Å². The van der Waals surface area contributed by atoms with E-state index in [9.17, 15) is 4.79 Å². The zero-order valence-electron chi connectivity index (χ0n) is 10.6. The zero-order chi connectivity index (χ0) is 11.4. The minimum Gasteiger partial charge on any atom is -0.303 e. The van der Waals surface area contributed by atoms with Gasteiger partial charge in [0.2, 0.25) is 0 Å². The van der Waals surface area contributed by atoms with Gasteiger partial charge in [0.1, 0.15) is 5.78 Å². The third-order valence-corrected chi connectivity index (χ3v) is 3.06. The van der Waals surface area contributed by atoms with Crippen molar-refractivity contribution in [3.8, 4) is 0 Å². The summed E-state index contributed by atoms with van der Waals surface area (Å²) in [5, 5.41) is 0. The third kappa shape index (κ3) is 4.23. The lowest BCUT2D eigenvalue weighted by atomic mass is 9.88. The van der Waals surface area contributed by atoms with Gasteiger partial charge in [-0.3, -0.25) is 4.79 Å². The van der Waals surface area contributed by atoms with Crippen molar-refractivity contribution in [1.82, 2.24) is 4.90 Å². The summed E-state index contributed by atoms with van der Waals surface area (Å²) >= 11 is 0. The minimum atomic E-state index is -0.212. The first-order valence-electron chi connectivity index (χ1n) is 5.52. The molecule has 0 aromatic heterocycles. The van der Waals surface area contributed by atoms with E-state index in [0.717, 1.165) is 6.54 Å². The van der Waals surface area contributed by atoms with Crippen LogP contribution in [0.15, 0.2) is 0 Å². The van der Waals surface area contributed by atoms with Crippen LogP contribution in [-0.4, -0.2) is 30.3 Å². The van der Waals surface area contributed by atoms with Gasteiger partial charge >= 0.3 is 0 Å². The van der Waals surface area contributed by atoms with Crippen molar-refractivity contribution < 1.29 is 4.79 Å². The summed E-state index contributed by atoms with van der Waals surface area (Å²) in [6, 6.07) is 0.568. The highest BCUT2D eigenvalue weighted by molar-refractivity contribution is 5.81. The molecule has 0 heterocycles. The van der Waals surface area contributed by atoms with Crippen molar-refractivity contribution in [2.45, 2.75) is 53.5 Å². The highest BCUT2D eigenvalue weighted by Crippen LogP contribution is 2.19. The van der Waals surface area contributed by atoms with E-state index >= 15 is 0 Å². The predicted molar refractivity (Wildman–Crippen MR) is 61.5 cm³/mol. The molecule has 0 aliphatic carbocycles. The van der Waals surface area contributed by atoms with Gasteiger partial charge in [0, 0.05) is 18.0 Å². The van der Waals surface area contributed by atoms with E-state index in [0.29, 0.717) is 6.04 Å². The SMILES string of the molecule is CCCC(C)N(C)CC(C)(C)C(C)=O. The van der Waals surface area contributed by atoms with Gasteiger partial charge in [-0.25, -0.2) is 0 Å². The molecule has 0 saturated heterocycles. The number of hydrogen-bond acceptors (Lipinski definition) is 2. The molecule has 0 aromatic carbocycles. The summed E-state index contributed by atoms with van der Waals surface area (Å²) in [6.45, 7) is 11.0. The first-order chi connectivity index (χ1) is 6.31. The van der Waals surface area contributed by atoms with Crippen LogP contribution in [0.2, 0.25) is 0 Å². The number of nitrogens with zero attached hydrogens (tertiary/aromatic N) is 1. The Morgan fingerprint density at radius 3 is 2.29 bits per heavy atom. The van der Waals surface area contributed by atoms with Crippen molar-refractivity contribution in [2.24, 2.45) is 5.41 Å². The van der Waals surface area contributed by atoms with Gasteiger partial charge in [-0.2, -0.15) is 0 Å². The lowest BCUT2D eigenvalue weighted by molar-refractivity contribution is -0.125. The van der Waals surface area contributed by atoms with Gasteiger partial charge in [0.15, 0.2) is 0 Å². The molecule has 0 aliphatic heterocycles. The standard InChI is InChI=1S/C12H25NO/c1-7-8-10(2)13(6)9-12(4,5)11(3)14/h10H,7-9H2,1-6H3. The van der Waals surface area contributed by atoms with E-state index < -0.39 is 0 Å². The topological polar surface area (TPSA) is 20.3 Å². The largest absolute Gasteiger partial charge is 0.303 e. The van der Waals surface area contributed by atoms with Crippen molar-refractivity contribution in [3.05, 3.63) is 0 Å². The maximum absolute atomic E-state index is 11.4. The maximum Gasteiger partial charge on any atom is 0.136 e. The molecule has 0 amide bonds. The zero-order valence-corrected chi connectivity index (χ0v) is 10.6. The molecule has 0 radical (unpaired) electrons. The van der Waals surface area contributed by atoms with Gasteiger partial charge in [-0.15, -0.1) is 0 Å². The number of Topliss-reactive ketones (excluding diaryl/α,β-unsaturated/α-hetero) is 1. The van der Waals surface area contributed by atoms with Crippen molar-refractivity contribution in [2.75, 3.05) is 13.6 Å². The Balaban J connectivity index is 4.16. The third-order valence-electron chi connectivity index (χ3n) is 3.06. The second-order valence-electron chi connectivity index (χ2n) is 4.99. The van der Waals surface area contributed by atoms with Gasteiger partial charge in [-0.1, -0.05) is 27.2 Å². The van der Waals surface area contributed by atoms with Crippen LogP contribution in [0.3, 0.4) is 0 Å². The van der Waals surface area contributed by atoms with E-state index in [-0.39, 0.29) is 11.2 Å². The van der Waals surface area contributed by atoms with Crippen LogP contribution in [0.5, 0.6) is 0 Å². The Bertz CT molecular complexity index is 187. The number of carbonyl (C=O) groups excluding carboxylic acids is 1. The molecular weight excluding hydrogens is 174 g/mol. The Labute approximate surface area is 88.7 Å². The van der Waals surface area contributed by atoms with E-state index in [2.05, 4.69) is 25.8 Å². The van der Waals surface area contributed by atoms with Crippen LogP contribution in [-0.2, 0) is 4.79 Å². The maximum atomic E-state index is 11.4. The minimum absolute atomic E-state index is 0.212. The number of carbonyl (C=O) groups is 1. The second kappa shape index (κ2) is 5.50. The quantitative estimate of drug-likeness (QED) is 0.655.